The van der Waals surface area contributed by atoms with Gasteiger partial charge in [-0.1, -0.05) is 24.3 Å². The second kappa shape index (κ2) is 10.2. The second-order valence-corrected chi connectivity index (χ2v) is 10.4. The molecule has 7 heteroatoms. The van der Waals surface area contributed by atoms with E-state index < -0.39 is 9.84 Å². The van der Waals surface area contributed by atoms with Gasteiger partial charge in [0.2, 0.25) is 5.91 Å². The van der Waals surface area contributed by atoms with Crippen molar-refractivity contribution in [3.63, 3.8) is 0 Å². The lowest BCUT2D eigenvalue weighted by molar-refractivity contribution is -0.121. The molecule has 172 valence electrons. The number of fused-ring (bicyclic) bond motifs is 1. The molecule has 1 atom stereocenters. The third kappa shape index (κ3) is 5.99. The minimum absolute atomic E-state index is 0.0837. The van der Waals surface area contributed by atoms with Crippen LogP contribution in [-0.4, -0.2) is 25.1 Å². The van der Waals surface area contributed by atoms with Crippen LogP contribution in [0.25, 0.3) is 0 Å². The number of carbonyl (C=O) groups excluding carboxylic acids is 1. The fourth-order valence-electron chi connectivity index (χ4n) is 4.00. The average Bonchev–Trinajstić information content (AvgIpc) is 3.30. The molecule has 0 radical (unpaired) electrons. The van der Waals surface area contributed by atoms with Gasteiger partial charge in [0.1, 0.15) is 12.4 Å². The van der Waals surface area contributed by atoms with Gasteiger partial charge in [-0.15, -0.1) is 0 Å². The van der Waals surface area contributed by atoms with Crippen molar-refractivity contribution >= 4 is 15.7 Å². The first kappa shape index (κ1) is 23.0. The Morgan fingerprint density at radius 1 is 1.06 bits per heavy atom. The first-order chi connectivity index (χ1) is 15.9. The normalized spacial score (nSPS) is 13.8. The molecule has 2 aromatic carbocycles. The van der Waals surface area contributed by atoms with Gasteiger partial charge in [-0.25, -0.2) is 8.42 Å². The molecule has 1 heterocycles. The maximum Gasteiger partial charge on any atom is 0.221 e. The molecule has 0 saturated carbocycles. The number of nitrogens with one attached hydrogen (secondary N) is 1. The van der Waals surface area contributed by atoms with E-state index in [0.717, 1.165) is 36.1 Å². The summed E-state index contributed by atoms with van der Waals surface area (Å²) in [4.78, 5) is 17.0. The predicted molar refractivity (Wildman–Crippen MR) is 127 cm³/mol. The number of hydrogen-bond acceptors (Lipinski definition) is 5. The SMILES string of the molecule is CC(NC(=O)CCS(=O)(=O)c1ccc2c(c1)CCC2)c1cccc(OCc2ccccn2)c1. The number of carbonyl (C=O) groups is 1. The molecule has 1 aliphatic rings. The van der Waals surface area contributed by atoms with E-state index in [1.807, 2.05) is 55.5 Å². The van der Waals surface area contributed by atoms with E-state index in [1.54, 1.807) is 18.3 Å². The maximum atomic E-state index is 12.7. The number of ether oxygens (including phenoxy) is 1. The number of hydrogen-bond donors (Lipinski definition) is 1. The van der Waals surface area contributed by atoms with E-state index >= 15 is 0 Å². The molecule has 1 amide bonds. The molecule has 0 saturated heterocycles. The van der Waals surface area contributed by atoms with Gasteiger partial charge in [0.05, 0.1) is 22.4 Å². The van der Waals surface area contributed by atoms with Gasteiger partial charge >= 0.3 is 0 Å². The summed E-state index contributed by atoms with van der Waals surface area (Å²) in [5.74, 6) is 0.169. The van der Waals surface area contributed by atoms with Crippen molar-refractivity contribution in [1.29, 1.82) is 0 Å². The first-order valence-electron chi connectivity index (χ1n) is 11.2. The van der Waals surface area contributed by atoms with E-state index in [1.165, 1.54) is 5.56 Å². The number of aryl methyl sites for hydroxylation is 2. The van der Waals surface area contributed by atoms with Crippen molar-refractivity contribution in [3.8, 4) is 5.75 Å². The fourth-order valence-corrected chi connectivity index (χ4v) is 5.29. The van der Waals surface area contributed by atoms with E-state index in [4.69, 9.17) is 4.74 Å². The molecule has 0 aliphatic heterocycles. The summed E-state index contributed by atoms with van der Waals surface area (Å²) in [7, 11) is -3.50. The number of nitrogens with zero attached hydrogens (tertiary/aromatic N) is 1. The Morgan fingerprint density at radius 2 is 1.91 bits per heavy atom. The lowest BCUT2D eigenvalue weighted by atomic mass is 10.1. The smallest absolute Gasteiger partial charge is 0.221 e. The summed E-state index contributed by atoms with van der Waals surface area (Å²) >= 11 is 0. The van der Waals surface area contributed by atoms with E-state index in [2.05, 4.69) is 10.3 Å². The molecular weight excluding hydrogens is 436 g/mol. The number of amides is 1. The molecule has 1 aromatic heterocycles. The molecule has 0 spiro atoms. The van der Waals surface area contributed by atoms with Gasteiger partial charge in [0.25, 0.3) is 0 Å². The Labute approximate surface area is 194 Å². The monoisotopic (exact) mass is 464 g/mol. The quantitative estimate of drug-likeness (QED) is 0.513. The summed E-state index contributed by atoms with van der Waals surface area (Å²) in [6, 6.07) is 18.2. The number of pyridine rings is 1. The van der Waals surface area contributed by atoms with Crippen LogP contribution in [0, 0.1) is 0 Å². The number of rotatable bonds is 9. The van der Waals surface area contributed by atoms with Crippen LogP contribution >= 0.6 is 0 Å². The van der Waals surface area contributed by atoms with Crippen LogP contribution in [0.3, 0.4) is 0 Å². The predicted octanol–water partition coefficient (Wildman–Crippen LogP) is 4.19. The molecular formula is C26H28N2O4S. The van der Waals surface area contributed by atoms with E-state index in [9.17, 15) is 13.2 Å². The largest absolute Gasteiger partial charge is 0.487 e. The van der Waals surface area contributed by atoms with Gasteiger partial charge in [-0.2, -0.15) is 0 Å². The summed E-state index contributed by atoms with van der Waals surface area (Å²) in [6.45, 7) is 2.22. The third-order valence-corrected chi connectivity index (χ3v) is 7.59. The Morgan fingerprint density at radius 3 is 2.73 bits per heavy atom. The lowest BCUT2D eigenvalue weighted by Gasteiger charge is -2.16. The zero-order valence-electron chi connectivity index (χ0n) is 18.7. The molecule has 33 heavy (non-hydrogen) atoms. The van der Waals surface area contributed by atoms with Gasteiger partial charge in [-0.05, 0) is 79.3 Å². The standard InChI is InChI=1S/C26H28N2O4S/c1-19(21-7-5-10-24(16-21)32-18-23-9-2-3-14-27-23)28-26(29)13-15-33(30,31)25-12-11-20-6-4-8-22(20)17-25/h2-3,5,7,9-12,14,16-17,19H,4,6,8,13,15,18H2,1H3,(H,28,29). The third-order valence-electron chi connectivity index (χ3n) is 5.88. The van der Waals surface area contributed by atoms with Crippen LogP contribution in [0.2, 0.25) is 0 Å². The Balaban J connectivity index is 1.31. The highest BCUT2D eigenvalue weighted by Crippen LogP contribution is 2.25. The van der Waals surface area contributed by atoms with Crippen molar-refractivity contribution in [2.45, 2.75) is 50.2 Å². The van der Waals surface area contributed by atoms with Crippen molar-refractivity contribution in [2.75, 3.05) is 5.75 Å². The highest BCUT2D eigenvalue weighted by Gasteiger charge is 2.20. The summed E-state index contributed by atoms with van der Waals surface area (Å²) < 4.78 is 31.3. The molecule has 0 fully saturated rings. The molecule has 3 aromatic rings. The first-order valence-corrected chi connectivity index (χ1v) is 12.8. The van der Waals surface area contributed by atoms with Crippen molar-refractivity contribution in [3.05, 3.63) is 89.2 Å². The summed E-state index contributed by atoms with van der Waals surface area (Å²) in [5, 5.41) is 2.89. The zero-order valence-corrected chi connectivity index (χ0v) is 19.5. The molecule has 0 bridgehead atoms. The fraction of sp³-hybridized carbons (Fsp3) is 0.308. The van der Waals surface area contributed by atoms with Crippen LogP contribution in [0.5, 0.6) is 5.75 Å². The van der Waals surface area contributed by atoms with Crippen LogP contribution in [0.1, 0.15) is 48.2 Å². The van der Waals surface area contributed by atoms with E-state index in [0.29, 0.717) is 17.3 Å². The van der Waals surface area contributed by atoms with Crippen molar-refractivity contribution in [2.24, 2.45) is 0 Å². The lowest BCUT2D eigenvalue weighted by Crippen LogP contribution is -2.28. The van der Waals surface area contributed by atoms with Gasteiger partial charge < -0.3 is 10.1 Å². The molecule has 4 rings (SSSR count). The second-order valence-electron chi connectivity index (χ2n) is 8.32. The number of aromatic nitrogens is 1. The van der Waals surface area contributed by atoms with E-state index in [-0.39, 0.29) is 24.1 Å². The Hall–Kier alpha value is -3.19. The minimum atomic E-state index is -3.50. The maximum absolute atomic E-state index is 12.7. The molecule has 6 nitrogen and oxygen atoms in total. The molecule has 1 unspecified atom stereocenters. The Kier molecular flexibility index (Phi) is 7.08. The number of sulfone groups is 1. The van der Waals surface area contributed by atoms with Crippen LogP contribution < -0.4 is 10.1 Å². The summed E-state index contributed by atoms with van der Waals surface area (Å²) in [6.07, 6.45) is 4.62. The number of benzene rings is 2. The van der Waals surface area contributed by atoms with Crippen molar-refractivity contribution in [1.82, 2.24) is 10.3 Å². The Bertz CT molecular complexity index is 1230. The average molecular weight is 465 g/mol. The zero-order chi connectivity index (χ0) is 23.3. The van der Waals surface area contributed by atoms with Gasteiger partial charge in [-0.3, -0.25) is 9.78 Å². The highest BCUT2D eigenvalue weighted by molar-refractivity contribution is 7.91. The van der Waals surface area contributed by atoms with Crippen molar-refractivity contribution < 1.29 is 17.9 Å². The van der Waals surface area contributed by atoms with Crippen LogP contribution in [-0.2, 0) is 34.1 Å². The van der Waals surface area contributed by atoms with Crippen LogP contribution in [0.15, 0.2) is 71.8 Å². The summed E-state index contributed by atoms with van der Waals surface area (Å²) in [5.41, 5.74) is 4.04. The minimum Gasteiger partial charge on any atom is -0.487 e. The van der Waals surface area contributed by atoms with Gasteiger partial charge in [0, 0.05) is 12.6 Å². The molecule has 1 N–H and O–H groups in total. The highest BCUT2D eigenvalue weighted by atomic mass is 32.2. The topological polar surface area (TPSA) is 85.4 Å². The van der Waals surface area contributed by atoms with Crippen LogP contribution in [0.4, 0.5) is 0 Å². The van der Waals surface area contributed by atoms with Gasteiger partial charge in [0.15, 0.2) is 9.84 Å². The molecule has 1 aliphatic carbocycles.